The van der Waals surface area contributed by atoms with Crippen LogP contribution in [0, 0.1) is 11.7 Å². The minimum Gasteiger partial charge on any atom is -0.493 e. The van der Waals surface area contributed by atoms with E-state index in [1.807, 2.05) is 30.3 Å². The van der Waals surface area contributed by atoms with E-state index in [0.29, 0.717) is 36.9 Å². The Bertz CT molecular complexity index is 912. The van der Waals surface area contributed by atoms with Crippen molar-refractivity contribution < 1.29 is 18.7 Å². The molecule has 2 aliphatic rings. The zero-order chi connectivity index (χ0) is 20.4. The summed E-state index contributed by atoms with van der Waals surface area (Å²) in [5.41, 5.74) is 1.63. The van der Waals surface area contributed by atoms with Gasteiger partial charge in [0.1, 0.15) is 11.6 Å². The van der Waals surface area contributed by atoms with Gasteiger partial charge in [0.2, 0.25) is 0 Å². The van der Waals surface area contributed by atoms with Crippen LogP contribution < -0.4 is 9.46 Å². The first-order valence-corrected chi connectivity index (χ1v) is 10.9. The topological polar surface area (TPSA) is 58.6 Å². The maximum atomic E-state index is 14.5. The quantitative estimate of drug-likeness (QED) is 0.699. The molecular weight excluding hydrogens is 391 g/mol. The van der Waals surface area contributed by atoms with Gasteiger partial charge in [-0.2, -0.15) is 0 Å². The van der Waals surface area contributed by atoms with Crippen molar-refractivity contribution in [2.24, 2.45) is 5.92 Å². The van der Waals surface area contributed by atoms with E-state index in [1.165, 1.54) is 6.07 Å². The minimum atomic E-state index is -0.578. The lowest BCUT2D eigenvalue weighted by Gasteiger charge is -2.39. The van der Waals surface area contributed by atoms with Crippen molar-refractivity contribution >= 4 is 23.8 Å². The molecule has 1 aliphatic heterocycles. The fraction of sp³-hybridized carbons (Fsp3) is 0.364. The highest BCUT2D eigenvalue weighted by Gasteiger charge is 2.33. The Morgan fingerprint density at radius 2 is 1.93 bits per heavy atom. The Morgan fingerprint density at radius 3 is 2.59 bits per heavy atom. The number of ether oxygens (including phenoxy) is 1. The van der Waals surface area contributed by atoms with Crippen LogP contribution in [0.25, 0.3) is 0 Å². The average Bonchev–Trinajstić information content (AvgIpc) is 3.52. The lowest BCUT2D eigenvalue weighted by molar-refractivity contribution is 0.0392. The molecule has 1 saturated heterocycles. The molecule has 2 aromatic rings. The Kier molecular flexibility index (Phi) is 5.76. The number of nitrogens with one attached hydrogen (secondary N) is 1. The van der Waals surface area contributed by atoms with Crippen LogP contribution in [0.4, 0.5) is 4.39 Å². The van der Waals surface area contributed by atoms with Crippen LogP contribution in [-0.2, 0) is 0 Å². The van der Waals surface area contributed by atoms with E-state index in [9.17, 15) is 14.0 Å². The number of likely N-dealkylation sites (tertiary alicyclic amines) is 1. The second-order valence-corrected chi connectivity index (χ2v) is 8.15. The average molecular weight is 415 g/mol. The summed E-state index contributed by atoms with van der Waals surface area (Å²) >= 11 is 1.14. The van der Waals surface area contributed by atoms with E-state index >= 15 is 0 Å². The summed E-state index contributed by atoms with van der Waals surface area (Å²) in [6.45, 7) is 1.68. The predicted octanol–water partition coefficient (Wildman–Crippen LogP) is 3.86. The summed E-state index contributed by atoms with van der Waals surface area (Å²) < 4.78 is 23.0. The lowest BCUT2D eigenvalue weighted by Crippen LogP contribution is -2.52. The summed E-state index contributed by atoms with van der Waals surface area (Å²) in [6.07, 6.45) is 3.77. The summed E-state index contributed by atoms with van der Waals surface area (Å²) in [6, 6.07) is 12.2. The van der Waals surface area contributed by atoms with Crippen LogP contribution in [0.1, 0.15) is 45.0 Å². The Balaban J connectivity index is 1.37. The Morgan fingerprint density at radius 1 is 1.21 bits per heavy atom. The number of benzene rings is 2. The van der Waals surface area contributed by atoms with Gasteiger partial charge in [0.25, 0.3) is 11.8 Å². The molecule has 2 aromatic carbocycles. The molecule has 7 heteroatoms. The van der Waals surface area contributed by atoms with Gasteiger partial charge >= 0.3 is 0 Å². The van der Waals surface area contributed by atoms with Crippen molar-refractivity contribution in [2.75, 3.05) is 26.0 Å². The van der Waals surface area contributed by atoms with E-state index < -0.39 is 11.7 Å². The van der Waals surface area contributed by atoms with Crippen LogP contribution >= 0.6 is 11.9 Å². The third-order valence-corrected chi connectivity index (χ3v) is 5.69. The molecule has 0 spiro atoms. The van der Waals surface area contributed by atoms with Gasteiger partial charge in [0.05, 0.1) is 12.2 Å². The van der Waals surface area contributed by atoms with Gasteiger partial charge in [-0.3, -0.25) is 14.3 Å². The molecule has 2 fully saturated rings. The molecule has 29 heavy (non-hydrogen) atoms. The van der Waals surface area contributed by atoms with Crippen LogP contribution in [-0.4, -0.2) is 42.7 Å². The van der Waals surface area contributed by atoms with Crippen molar-refractivity contribution in [3.8, 4) is 5.75 Å². The normalized spacial score (nSPS) is 16.3. The van der Waals surface area contributed by atoms with Gasteiger partial charge in [-0.05, 0) is 42.5 Å². The lowest BCUT2D eigenvalue weighted by atomic mass is 9.99. The van der Waals surface area contributed by atoms with Crippen LogP contribution in [0.15, 0.2) is 42.5 Å². The monoisotopic (exact) mass is 414 g/mol. The number of halogens is 1. The highest BCUT2D eigenvalue weighted by atomic mass is 32.2. The van der Waals surface area contributed by atoms with E-state index in [-0.39, 0.29) is 17.4 Å². The standard InChI is InChI=1S/C22H23FN2O3S/c1-29-24-21(26)18-9-17(15-7-8-15)20(10-19(18)23)28-13-14-11-25(12-14)22(27)16-5-3-2-4-6-16/h2-6,9-10,14-15H,7-8,11-13H2,1H3,(H,24,26). The third-order valence-electron chi connectivity index (χ3n) is 5.30. The molecule has 1 saturated carbocycles. The first-order valence-electron chi connectivity index (χ1n) is 9.70. The van der Waals surface area contributed by atoms with E-state index in [1.54, 1.807) is 17.2 Å². The van der Waals surface area contributed by atoms with Gasteiger partial charge < -0.3 is 9.64 Å². The molecule has 152 valence electrons. The van der Waals surface area contributed by atoms with E-state index in [0.717, 1.165) is 30.4 Å². The minimum absolute atomic E-state index is 0.0238. The van der Waals surface area contributed by atoms with E-state index in [2.05, 4.69) is 4.72 Å². The second-order valence-electron chi connectivity index (χ2n) is 7.53. The van der Waals surface area contributed by atoms with Gasteiger partial charge in [-0.15, -0.1) is 0 Å². The van der Waals surface area contributed by atoms with Crippen LogP contribution in [0.3, 0.4) is 0 Å². The largest absolute Gasteiger partial charge is 0.493 e. The smallest absolute Gasteiger partial charge is 0.264 e. The molecule has 1 aliphatic carbocycles. The zero-order valence-corrected chi connectivity index (χ0v) is 17.0. The fourth-order valence-electron chi connectivity index (χ4n) is 3.54. The van der Waals surface area contributed by atoms with Crippen molar-refractivity contribution in [3.05, 3.63) is 65.0 Å². The molecule has 0 atom stereocenters. The molecule has 4 rings (SSSR count). The molecule has 1 heterocycles. The van der Waals surface area contributed by atoms with Gasteiger partial charge in [-0.25, -0.2) is 4.39 Å². The summed E-state index contributed by atoms with van der Waals surface area (Å²) in [5.74, 6) is 0.0680. The van der Waals surface area contributed by atoms with Crippen molar-refractivity contribution in [1.82, 2.24) is 9.62 Å². The number of hydrogen-bond donors (Lipinski definition) is 1. The molecule has 5 nitrogen and oxygen atoms in total. The first kappa shape index (κ1) is 19.8. The van der Waals surface area contributed by atoms with Crippen LogP contribution in [0.2, 0.25) is 0 Å². The molecule has 0 bridgehead atoms. The molecule has 1 N–H and O–H groups in total. The molecule has 0 aromatic heterocycles. The van der Waals surface area contributed by atoms with Gasteiger partial charge in [-0.1, -0.05) is 30.1 Å². The van der Waals surface area contributed by atoms with Crippen molar-refractivity contribution in [2.45, 2.75) is 18.8 Å². The van der Waals surface area contributed by atoms with Gasteiger partial charge in [0, 0.05) is 36.9 Å². The zero-order valence-electron chi connectivity index (χ0n) is 16.2. The SMILES string of the molecule is CSNC(=O)c1cc(C2CC2)c(OCC2CN(C(=O)c3ccccc3)C2)cc1F. The maximum Gasteiger partial charge on any atom is 0.264 e. The highest BCUT2D eigenvalue weighted by molar-refractivity contribution is 7.97. The Labute approximate surface area is 173 Å². The summed E-state index contributed by atoms with van der Waals surface area (Å²) in [5, 5.41) is 0. The predicted molar refractivity (Wildman–Crippen MR) is 111 cm³/mol. The van der Waals surface area contributed by atoms with Gasteiger partial charge in [0.15, 0.2) is 0 Å². The number of amides is 2. The molecular formula is C22H23FN2O3S. The fourth-order valence-corrected chi connectivity index (χ4v) is 3.84. The first-order chi connectivity index (χ1) is 14.1. The van der Waals surface area contributed by atoms with E-state index in [4.69, 9.17) is 4.74 Å². The number of rotatable bonds is 7. The number of hydrogen-bond acceptors (Lipinski definition) is 4. The summed E-state index contributed by atoms with van der Waals surface area (Å²) in [4.78, 5) is 26.2. The number of carbonyl (C=O) groups excluding carboxylic acids is 2. The summed E-state index contributed by atoms with van der Waals surface area (Å²) in [7, 11) is 0. The molecule has 2 amide bonds. The molecule has 0 unspecified atom stereocenters. The van der Waals surface area contributed by atoms with Crippen molar-refractivity contribution in [3.63, 3.8) is 0 Å². The van der Waals surface area contributed by atoms with Crippen molar-refractivity contribution in [1.29, 1.82) is 0 Å². The Hall–Kier alpha value is -2.54. The maximum absolute atomic E-state index is 14.5. The number of nitrogens with zero attached hydrogens (tertiary/aromatic N) is 1. The second kappa shape index (κ2) is 8.45. The number of carbonyl (C=O) groups is 2. The molecule has 0 radical (unpaired) electrons. The highest BCUT2D eigenvalue weighted by Crippen LogP contribution is 2.45. The van der Waals surface area contributed by atoms with Crippen LogP contribution in [0.5, 0.6) is 5.75 Å². The third kappa shape index (κ3) is 4.40.